The first-order chi connectivity index (χ1) is 12.6. The number of ether oxygens (including phenoxy) is 1. The summed E-state index contributed by atoms with van der Waals surface area (Å²) in [7, 11) is 0. The second-order valence-corrected chi connectivity index (χ2v) is 6.66. The van der Waals surface area contributed by atoms with Crippen molar-refractivity contribution in [1.82, 2.24) is 15.5 Å². The van der Waals surface area contributed by atoms with Gasteiger partial charge in [-0.1, -0.05) is 29.8 Å². The lowest BCUT2D eigenvalue weighted by Gasteiger charge is -2.27. The molecule has 1 atom stereocenters. The SMILES string of the molecule is O=C(NCC(C(=O)O)C1CCOCC1)c1cc(-c2ccccc2Cl)n[nH]1. The van der Waals surface area contributed by atoms with Gasteiger partial charge in [0.2, 0.25) is 0 Å². The molecule has 1 fully saturated rings. The number of hydrogen-bond acceptors (Lipinski definition) is 4. The number of amides is 1. The number of nitrogens with one attached hydrogen (secondary N) is 2. The number of benzene rings is 1. The van der Waals surface area contributed by atoms with Crippen molar-refractivity contribution in [3.8, 4) is 11.3 Å². The summed E-state index contributed by atoms with van der Waals surface area (Å²) < 4.78 is 5.27. The highest BCUT2D eigenvalue weighted by Gasteiger charge is 2.30. The number of rotatable bonds is 6. The van der Waals surface area contributed by atoms with Gasteiger partial charge in [0.1, 0.15) is 5.69 Å². The molecule has 3 N–H and O–H groups in total. The molecule has 0 saturated carbocycles. The smallest absolute Gasteiger partial charge is 0.308 e. The van der Waals surface area contributed by atoms with Gasteiger partial charge in [-0.05, 0) is 30.9 Å². The number of nitrogens with zero attached hydrogens (tertiary/aromatic N) is 1. The Bertz CT molecular complexity index is 786. The molecular formula is C18H20ClN3O4. The van der Waals surface area contributed by atoms with Gasteiger partial charge >= 0.3 is 5.97 Å². The van der Waals surface area contributed by atoms with Crippen LogP contribution in [0.15, 0.2) is 30.3 Å². The van der Waals surface area contributed by atoms with Crippen LogP contribution in [0.4, 0.5) is 0 Å². The number of carbonyl (C=O) groups excluding carboxylic acids is 1. The lowest BCUT2D eigenvalue weighted by molar-refractivity contribution is -0.144. The van der Waals surface area contributed by atoms with E-state index in [0.29, 0.717) is 36.8 Å². The quantitative estimate of drug-likeness (QED) is 0.717. The lowest BCUT2D eigenvalue weighted by atomic mass is 9.86. The summed E-state index contributed by atoms with van der Waals surface area (Å²) in [5.74, 6) is -1.93. The third-order valence-corrected chi connectivity index (χ3v) is 4.94. The second kappa shape index (κ2) is 8.33. The Balaban J connectivity index is 1.64. The van der Waals surface area contributed by atoms with E-state index in [4.69, 9.17) is 16.3 Å². The van der Waals surface area contributed by atoms with Crippen molar-refractivity contribution >= 4 is 23.5 Å². The molecule has 0 bridgehead atoms. The molecule has 0 aliphatic carbocycles. The molecule has 138 valence electrons. The predicted molar refractivity (Wildman–Crippen MR) is 96.0 cm³/mol. The second-order valence-electron chi connectivity index (χ2n) is 6.25. The fourth-order valence-electron chi connectivity index (χ4n) is 3.12. The molecule has 7 nitrogen and oxygen atoms in total. The van der Waals surface area contributed by atoms with Gasteiger partial charge in [0.25, 0.3) is 5.91 Å². The first-order valence-electron chi connectivity index (χ1n) is 8.45. The number of aliphatic carboxylic acids is 1. The number of carboxylic acid groups (broad SMARTS) is 1. The molecule has 1 aliphatic rings. The molecule has 1 amide bonds. The molecule has 0 spiro atoms. The summed E-state index contributed by atoms with van der Waals surface area (Å²) in [6, 6.07) is 8.80. The maximum Gasteiger partial charge on any atom is 0.308 e. The highest BCUT2D eigenvalue weighted by atomic mass is 35.5. The van der Waals surface area contributed by atoms with Gasteiger partial charge in [-0.25, -0.2) is 0 Å². The summed E-state index contributed by atoms with van der Waals surface area (Å²) in [6.07, 6.45) is 1.38. The molecule has 1 aromatic heterocycles. The minimum atomic E-state index is -0.904. The van der Waals surface area contributed by atoms with E-state index in [1.54, 1.807) is 12.1 Å². The highest BCUT2D eigenvalue weighted by Crippen LogP contribution is 2.26. The molecule has 1 aromatic carbocycles. The van der Waals surface area contributed by atoms with Crippen LogP contribution in [-0.4, -0.2) is 46.9 Å². The van der Waals surface area contributed by atoms with Gasteiger partial charge in [0, 0.05) is 25.3 Å². The first-order valence-corrected chi connectivity index (χ1v) is 8.83. The minimum Gasteiger partial charge on any atom is -0.481 e. The summed E-state index contributed by atoms with van der Waals surface area (Å²) >= 11 is 6.14. The van der Waals surface area contributed by atoms with E-state index < -0.39 is 17.8 Å². The number of hydrogen-bond donors (Lipinski definition) is 3. The fourth-order valence-corrected chi connectivity index (χ4v) is 3.35. The highest BCUT2D eigenvalue weighted by molar-refractivity contribution is 6.33. The van der Waals surface area contributed by atoms with E-state index in [0.717, 1.165) is 5.56 Å². The van der Waals surface area contributed by atoms with Crippen molar-refractivity contribution in [3.63, 3.8) is 0 Å². The van der Waals surface area contributed by atoms with Crippen LogP contribution in [0.25, 0.3) is 11.3 Å². The Morgan fingerprint density at radius 2 is 2.08 bits per heavy atom. The average Bonchev–Trinajstić information content (AvgIpc) is 3.13. The molecule has 1 unspecified atom stereocenters. The van der Waals surface area contributed by atoms with Crippen molar-refractivity contribution < 1.29 is 19.4 Å². The molecule has 2 aromatic rings. The number of aromatic amines is 1. The average molecular weight is 378 g/mol. The van der Waals surface area contributed by atoms with Crippen molar-refractivity contribution in [2.24, 2.45) is 11.8 Å². The number of carboxylic acids is 1. The van der Waals surface area contributed by atoms with Crippen molar-refractivity contribution in [2.75, 3.05) is 19.8 Å². The normalized spacial score (nSPS) is 16.2. The summed E-state index contributed by atoms with van der Waals surface area (Å²) in [5.41, 5.74) is 1.53. The number of H-pyrrole nitrogens is 1. The fraction of sp³-hybridized carbons (Fsp3) is 0.389. The van der Waals surface area contributed by atoms with Crippen molar-refractivity contribution in [3.05, 3.63) is 41.0 Å². The van der Waals surface area contributed by atoms with Crippen LogP contribution in [0.2, 0.25) is 5.02 Å². The Kier molecular flexibility index (Phi) is 5.90. The number of aromatic nitrogens is 2. The third kappa shape index (κ3) is 4.23. The minimum absolute atomic E-state index is 0.00185. The zero-order valence-electron chi connectivity index (χ0n) is 14.1. The van der Waals surface area contributed by atoms with E-state index in [9.17, 15) is 14.7 Å². The maximum atomic E-state index is 12.4. The standard InChI is InChI=1S/C18H20ClN3O4/c19-14-4-2-1-3-12(14)15-9-16(22-21-15)17(23)20-10-13(18(24)25)11-5-7-26-8-6-11/h1-4,9,11,13H,5-8,10H2,(H,20,23)(H,21,22)(H,24,25). The Morgan fingerprint density at radius 3 is 2.77 bits per heavy atom. The molecule has 2 heterocycles. The monoisotopic (exact) mass is 377 g/mol. The van der Waals surface area contributed by atoms with Crippen LogP contribution < -0.4 is 5.32 Å². The lowest BCUT2D eigenvalue weighted by Crippen LogP contribution is -2.39. The van der Waals surface area contributed by atoms with E-state index in [2.05, 4.69) is 15.5 Å². The van der Waals surface area contributed by atoms with E-state index >= 15 is 0 Å². The summed E-state index contributed by atoms with van der Waals surface area (Å²) in [5, 5.41) is 19.5. The molecule has 3 rings (SSSR count). The van der Waals surface area contributed by atoms with Crippen LogP contribution in [0.3, 0.4) is 0 Å². The summed E-state index contributed by atoms with van der Waals surface area (Å²) in [4.78, 5) is 23.9. The predicted octanol–water partition coefficient (Wildman–Crippen LogP) is 2.59. The maximum absolute atomic E-state index is 12.4. The van der Waals surface area contributed by atoms with Crippen LogP contribution in [0, 0.1) is 11.8 Å². The molecule has 0 radical (unpaired) electrons. The Labute approximate surface area is 155 Å². The van der Waals surface area contributed by atoms with Crippen molar-refractivity contribution in [1.29, 1.82) is 0 Å². The first kappa shape index (κ1) is 18.4. The van der Waals surface area contributed by atoms with Gasteiger partial charge in [0.15, 0.2) is 0 Å². The topological polar surface area (TPSA) is 104 Å². The third-order valence-electron chi connectivity index (χ3n) is 4.61. The number of carbonyl (C=O) groups is 2. The van der Waals surface area contributed by atoms with Crippen LogP contribution in [0.1, 0.15) is 23.3 Å². The van der Waals surface area contributed by atoms with Crippen molar-refractivity contribution in [2.45, 2.75) is 12.8 Å². The van der Waals surface area contributed by atoms with Gasteiger partial charge in [0.05, 0.1) is 16.6 Å². The molecule has 1 saturated heterocycles. The Morgan fingerprint density at radius 1 is 1.35 bits per heavy atom. The van der Waals surface area contributed by atoms with Crippen LogP contribution >= 0.6 is 11.6 Å². The summed E-state index contributed by atoms with van der Waals surface area (Å²) in [6.45, 7) is 1.19. The van der Waals surface area contributed by atoms with Gasteiger partial charge in [-0.15, -0.1) is 0 Å². The van der Waals surface area contributed by atoms with E-state index in [-0.39, 0.29) is 18.2 Å². The van der Waals surface area contributed by atoms with Gasteiger partial charge in [-0.2, -0.15) is 5.10 Å². The molecule has 1 aliphatic heterocycles. The van der Waals surface area contributed by atoms with E-state index in [1.807, 2.05) is 18.2 Å². The van der Waals surface area contributed by atoms with Crippen LogP contribution in [-0.2, 0) is 9.53 Å². The number of halogens is 1. The molecular weight excluding hydrogens is 358 g/mol. The molecule has 26 heavy (non-hydrogen) atoms. The van der Waals surface area contributed by atoms with E-state index in [1.165, 1.54) is 0 Å². The molecule has 8 heteroatoms. The zero-order chi connectivity index (χ0) is 18.5. The van der Waals surface area contributed by atoms with Gasteiger partial charge in [-0.3, -0.25) is 14.7 Å². The zero-order valence-corrected chi connectivity index (χ0v) is 14.8. The van der Waals surface area contributed by atoms with Gasteiger partial charge < -0.3 is 15.2 Å². The van der Waals surface area contributed by atoms with Crippen LogP contribution in [0.5, 0.6) is 0 Å². The largest absolute Gasteiger partial charge is 0.481 e. The Hall–Kier alpha value is -2.38.